The van der Waals surface area contributed by atoms with Gasteiger partial charge in [-0.15, -0.1) is 0 Å². The predicted molar refractivity (Wildman–Crippen MR) is 97.1 cm³/mol. The smallest absolute Gasteiger partial charge is 0.317 e. The average Bonchev–Trinajstić information content (AvgIpc) is 3.07. The van der Waals surface area contributed by atoms with E-state index in [0.29, 0.717) is 6.04 Å². The van der Waals surface area contributed by atoms with Crippen LogP contribution >= 0.6 is 0 Å². The molecule has 2 aliphatic heterocycles. The number of fused-ring (bicyclic) bond motifs is 1. The third-order valence-electron chi connectivity index (χ3n) is 5.44. The molecule has 2 heterocycles. The van der Waals surface area contributed by atoms with Gasteiger partial charge in [0.25, 0.3) is 0 Å². The van der Waals surface area contributed by atoms with E-state index in [4.69, 9.17) is 0 Å². The van der Waals surface area contributed by atoms with E-state index in [2.05, 4.69) is 53.5 Å². The Morgan fingerprint density at radius 2 is 1.79 bits per heavy atom. The first-order valence-electron chi connectivity index (χ1n) is 8.99. The lowest BCUT2D eigenvalue weighted by Gasteiger charge is -2.44. The fourth-order valence-corrected chi connectivity index (χ4v) is 3.94. The van der Waals surface area contributed by atoms with Gasteiger partial charge in [-0.3, -0.25) is 4.90 Å². The van der Waals surface area contributed by atoms with Crippen LogP contribution in [0.3, 0.4) is 0 Å². The Hall–Kier alpha value is -2.07. The molecule has 0 aromatic heterocycles. The molecule has 2 aromatic rings. The second-order valence-corrected chi connectivity index (χ2v) is 7.04. The maximum atomic E-state index is 12.5. The molecule has 2 aliphatic rings. The van der Waals surface area contributed by atoms with Gasteiger partial charge in [0.05, 0.1) is 6.04 Å². The summed E-state index contributed by atoms with van der Waals surface area (Å²) in [5, 5.41) is 5.60. The van der Waals surface area contributed by atoms with E-state index in [1.54, 1.807) is 0 Å². The first kappa shape index (κ1) is 15.5. The number of nitrogens with one attached hydrogen (secondary N) is 1. The number of urea groups is 1. The second kappa shape index (κ2) is 6.44. The highest BCUT2D eigenvalue weighted by Gasteiger charge is 2.36. The minimum Gasteiger partial charge on any atom is -0.331 e. The van der Waals surface area contributed by atoms with Crippen molar-refractivity contribution in [3.05, 3.63) is 48.0 Å². The summed E-state index contributed by atoms with van der Waals surface area (Å²) in [5.41, 5.74) is 1.18. The molecule has 0 spiro atoms. The molecule has 0 radical (unpaired) electrons. The first-order chi connectivity index (χ1) is 11.7. The van der Waals surface area contributed by atoms with Crippen molar-refractivity contribution in [2.75, 3.05) is 26.2 Å². The molecule has 2 aromatic carbocycles. The van der Waals surface area contributed by atoms with Crippen LogP contribution in [0.25, 0.3) is 10.8 Å². The third kappa shape index (κ3) is 2.86. The van der Waals surface area contributed by atoms with Crippen LogP contribution in [-0.4, -0.2) is 48.1 Å². The van der Waals surface area contributed by atoms with Crippen LogP contribution in [0.5, 0.6) is 0 Å². The van der Waals surface area contributed by atoms with E-state index >= 15 is 0 Å². The number of amides is 2. The van der Waals surface area contributed by atoms with Crippen molar-refractivity contribution in [2.24, 2.45) is 0 Å². The number of carbonyl (C=O) groups is 1. The Morgan fingerprint density at radius 3 is 2.58 bits per heavy atom. The molecular formula is C20H25N3O. The van der Waals surface area contributed by atoms with Crippen LogP contribution < -0.4 is 5.32 Å². The Labute approximate surface area is 143 Å². The highest BCUT2D eigenvalue weighted by Crippen LogP contribution is 2.25. The molecular weight excluding hydrogens is 298 g/mol. The normalized spacial score (nSPS) is 20.1. The second-order valence-electron chi connectivity index (χ2n) is 7.04. The van der Waals surface area contributed by atoms with E-state index in [9.17, 15) is 4.79 Å². The van der Waals surface area contributed by atoms with Crippen molar-refractivity contribution < 1.29 is 4.79 Å². The van der Waals surface area contributed by atoms with Gasteiger partial charge in [0.1, 0.15) is 0 Å². The lowest BCUT2D eigenvalue weighted by molar-refractivity contribution is 0.0706. The summed E-state index contributed by atoms with van der Waals surface area (Å²) in [7, 11) is 0. The molecule has 2 amide bonds. The Bertz CT molecular complexity index is 727. The lowest BCUT2D eigenvalue weighted by atomic mass is 10.00. The first-order valence-corrected chi connectivity index (χ1v) is 8.99. The maximum Gasteiger partial charge on any atom is 0.317 e. The minimum absolute atomic E-state index is 0.00874. The molecule has 1 unspecified atom stereocenters. The standard InChI is InChI=1S/C20H25N3O/c1-15(18-10-6-8-16-7-2-3-9-19(16)18)21-20(24)23-13-17(14-23)22-11-4-5-12-22/h2-3,6-10,15,17H,4-5,11-14H2,1H3,(H,21,24). The van der Waals surface area contributed by atoms with Gasteiger partial charge in [0.15, 0.2) is 0 Å². The molecule has 2 saturated heterocycles. The van der Waals surface area contributed by atoms with Crippen molar-refractivity contribution >= 4 is 16.8 Å². The Morgan fingerprint density at radius 1 is 1.08 bits per heavy atom. The molecule has 0 aliphatic carbocycles. The number of likely N-dealkylation sites (tertiary alicyclic amines) is 2. The molecule has 1 atom stereocenters. The van der Waals surface area contributed by atoms with Gasteiger partial charge in [-0.1, -0.05) is 42.5 Å². The third-order valence-corrected chi connectivity index (χ3v) is 5.44. The molecule has 4 rings (SSSR count). The molecule has 1 N–H and O–H groups in total. The topological polar surface area (TPSA) is 35.6 Å². The fraction of sp³-hybridized carbons (Fsp3) is 0.450. The summed E-state index contributed by atoms with van der Waals surface area (Å²) in [6, 6.07) is 15.3. The van der Waals surface area contributed by atoms with E-state index in [1.165, 1.54) is 42.3 Å². The van der Waals surface area contributed by atoms with E-state index < -0.39 is 0 Å². The zero-order chi connectivity index (χ0) is 16.5. The van der Waals surface area contributed by atoms with Crippen molar-refractivity contribution in [3.8, 4) is 0 Å². The molecule has 2 fully saturated rings. The summed E-state index contributed by atoms with van der Waals surface area (Å²) >= 11 is 0. The zero-order valence-electron chi connectivity index (χ0n) is 14.2. The van der Waals surface area contributed by atoms with Crippen LogP contribution in [0.1, 0.15) is 31.4 Å². The summed E-state index contributed by atoms with van der Waals surface area (Å²) < 4.78 is 0. The summed E-state index contributed by atoms with van der Waals surface area (Å²) in [5.74, 6) is 0. The number of hydrogen-bond donors (Lipinski definition) is 1. The monoisotopic (exact) mass is 323 g/mol. The fourth-order valence-electron chi connectivity index (χ4n) is 3.94. The van der Waals surface area contributed by atoms with Gasteiger partial charge in [0, 0.05) is 19.1 Å². The van der Waals surface area contributed by atoms with Crippen molar-refractivity contribution in [1.82, 2.24) is 15.1 Å². The molecule has 0 bridgehead atoms. The quantitative estimate of drug-likeness (QED) is 0.940. The number of carbonyl (C=O) groups excluding carboxylic acids is 1. The van der Waals surface area contributed by atoms with Crippen LogP contribution in [0.4, 0.5) is 4.79 Å². The van der Waals surface area contributed by atoms with Crippen molar-refractivity contribution in [3.63, 3.8) is 0 Å². The molecule has 0 saturated carbocycles. The van der Waals surface area contributed by atoms with Crippen LogP contribution in [0.2, 0.25) is 0 Å². The van der Waals surface area contributed by atoms with Gasteiger partial charge in [-0.25, -0.2) is 4.79 Å². The van der Waals surface area contributed by atoms with Crippen LogP contribution in [0.15, 0.2) is 42.5 Å². The number of nitrogens with zero attached hydrogens (tertiary/aromatic N) is 2. The van der Waals surface area contributed by atoms with Gasteiger partial charge < -0.3 is 10.2 Å². The number of hydrogen-bond acceptors (Lipinski definition) is 2. The van der Waals surface area contributed by atoms with Crippen molar-refractivity contribution in [2.45, 2.75) is 31.8 Å². The van der Waals surface area contributed by atoms with E-state index in [1.807, 2.05) is 11.0 Å². The Balaban J connectivity index is 1.39. The van der Waals surface area contributed by atoms with E-state index in [0.717, 1.165) is 13.1 Å². The summed E-state index contributed by atoms with van der Waals surface area (Å²) in [6.07, 6.45) is 2.61. The van der Waals surface area contributed by atoms with Gasteiger partial charge in [0.2, 0.25) is 0 Å². The predicted octanol–water partition coefficient (Wildman–Crippen LogP) is 3.39. The molecule has 126 valence electrons. The minimum atomic E-state index is 0.00874. The molecule has 4 nitrogen and oxygen atoms in total. The van der Waals surface area contributed by atoms with Gasteiger partial charge >= 0.3 is 6.03 Å². The largest absolute Gasteiger partial charge is 0.331 e. The number of benzene rings is 2. The zero-order valence-corrected chi connectivity index (χ0v) is 14.2. The molecule has 24 heavy (non-hydrogen) atoms. The summed E-state index contributed by atoms with van der Waals surface area (Å²) in [6.45, 7) is 6.21. The highest BCUT2D eigenvalue weighted by molar-refractivity contribution is 5.86. The SMILES string of the molecule is CC(NC(=O)N1CC(N2CCCC2)C1)c1cccc2ccccc12. The van der Waals surface area contributed by atoms with Gasteiger partial charge in [-0.05, 0) is 49.2 Å². The lowest BCUT2D eigenvalue weighted by Crippen LogP contribution is -2.62. The highest BCUT2D eigenvalue weighted by atomic mass is 16.2. The average molecular weight is 323 g/mol. The van der Waals surface area contributed by atoms with Crippen LogP contribution in [0, 0.1) is 0 Å². The maximum absolute atomic E-state index is 12.5. The number of rotatable bonds is 3. The molecule has 4 heteroatoms. The van der Waals surface area contributed by atoms with E-state index in [-0.39, 0.29) is 12.1 Å². The van der Waals surface area contributed by atoms with Crippen LogP contribution in [-0.2, 0) is 0 Å². The van der Waals surface area contributed by atoms with Crippen molar-refractivity contribution in [1.29, 1.82) is 0 Å². The summed E-state index contributed by atoms with van der Waals surface area (Å²) in [4.78, 5) is 17.0. The van der Waals surface area contributed by atoms with Gasteiger partial charge in [-0.2, -0.15) is 0 Å². The Kier molecular flexibility index (Phi) is 4.15.